The Morgan fingerprint density at radius 1 is 1.42 bits per heavy atom. The Labute approximate surface area is 141 Å². The van der Waals surface area contributed by atoms with Gasteiger partial charge in [-0.1, -0.05) is 30.0 Å². The van der Waals surface area contributed by atoms with Crippen LogP contribution in [0.1, 0.15) is 13.3 Å². The summed E-state index contributed by atoms with van der Waals surface area (Å²) in [6, 6.07) is 7.27. The molecule has 124 valence electrons. The van der Waals surface area contributed by atoms with E-state index in [1.54, 1.807) is 6.07 Å². The zero-order chi connectivity index (χ0) is 17.1. The zero-order valence-corrected chi connectivity index (χ0v) is 13.5. The molecule has 1 aliphatic rings. The summed E-state index contributed by atoms with van der Waals surface area (Å²) < 4.78 is 4.82. The molecule has 0 spiro atoms. The number of aromatic hydroxyl groups is 1. The van der Waals surface area contributed by atoms with Gasteiger partial charge in [0.25, 0.3) is 5.91 Å². The Kier molecular flexibility index (Phi) is 4.61. The molecule has 2 heterocycles. The standard InChI is InChI=1S/C15H14N4O4S/c1-8(20)23-7-6-11-13(21)17-15(24-11)19-18-12-9-4-2-3-5-10(9)16-14(12)22/h2-5,11,16,22H,6-7H2,1H3/t11-/m1/s1. The van der Waals surface area contributed by atoms with Gasteiger partial charge in [0.15, 0.2) is 5.69 Å². The van der Waals surface area contributed by atoms with Crippen molar-refractivity contribution in [1.82, 2.24) is 4.98 Å². The molecule has 1 aromatic heterocycles. The topological polar surface area (TPSA) is 116 Å². The molecule has 1 aromatic carbocycles. The predicted molar refractivity (Wildman–Crippen MR) is 89.6 cm³/mol. The molecule has 9 heteroatoms. The highest BCUT2D eigenvalue weighted by Gasteiger charge is 2.28. The number of ether oxygens (including phenoxy) is 1. The summed E-state index contributed by atoms with van der Waals surface area (Å²) in [7, 11) is 0. The summed E-state index contributed by atoms with van der Waals surface area (Å²) in [5.41, 5.74) is 1.03. The van der Waals surface area contributed by atoms with Crippen molar-refractivity contribution < 1.29 is 19.4 Å². The number of amidine groups is 1. The molecule has 0 unspecified atom stereocenters. The van der Waals surface area contributed by atoms with Crippen LogP contribution in [0.5, 0.6) is 5.88 Å². The van der Waals surface area contributed by atoms with Gasteiger partial charge in [-0.05, 0) is 6.07 Å². The average Bonchev–Trinajstić information content (AvgIpc) is 3.04. The molecular formula is C15H14N4O4S. The van der Waals surface area contributed by atoms with E-state index < -0.39 is 5.25 Å². The van der Waals surface area contributed by atoms with Crippen molar-refractivity contribution in [3.63, 3.8) is 0 Å². The van der Waals surface area contributed by atoms with E-state index in [0.717, 1.165) is 22.7 Å². The van der Waals surface area contributed by atoms with Crippen LogP contribution in [-0.4, -0.2) is 39.0 Å². The van der Waals surface area contributed by atoms with Gasteiger partial charge in [0, 0.05) is 18.7 Å². The van der Waals surface area contributed by atoms with Crippen molar-refractivity contribution in [1.29, 1.82) is 0 Å². The molecule has 0 aliphatic carbocycles. The van der Waals surface area contributed by atoms with E-state index in [4.69, 9.17) is 4.74 Å². The van der Waals surface area contributed by atoms with Gasteiger partial charge in [0.05, 0.1) is 17.4 Å². The van der Waals surface area contributed by atoms with E-state index in [2.05, 4.69) is 20.2 Å². The fourth-order valence-electron chi connectivity index (χ4n) is 2.22. The van der Waals surface area contributed by atoms with Crippen LogP contribution >= 0.6 is 11.8 Å². The zero-order valence-electron chi connectivity index (χ0n) is 12.7. The van der Waals surface area contributed by atoms with Gasteiger partial charge in [-0.25, -0.2) is 0 Å². The minimum absolute atomic E-state index is 0.0960. The Bertz CT molecular complexity index is 858. The smallest absolute Gasteiger partial charge is 0.302 e. The second-order valence-electron chi connectivity index (χ2n) is 5.04. The number of nitrogens with zero attached hydrogens (tertiary/aromatic N) is 3. The summed E-state index contributed by atoms with van der Waals surface area (Å²) >= 11 is 1.16. The lowest BCUT2D eigenvalue weighted by Crippen LogP contribution is -2.14. The Hall–Kier alpha value is -2.68. The summed E-state index contributed by atoms with van der Waals surface area (Å²) in [5, 5.41) is 18.4. The van der Waals surface area contributed by atoms with E-state index in [1.807, 2.05) is 18.2 Å². The number of nitrogens with one attached hydrogen (secondary N) is 1. The lowest BCUT2D eigenvalue weighted by Gasteiger charge is -2.05. The number of hydrogen-bond donors (Lipinski definition) is 2. The number of esters is 1. The number of fused-ring (bicyclic) bond motifs is 1. The fraction of sp³-hybridized carbons (Fsp3) is 0.267. The molecule has 1 aliphatic heterocycles. The number of aliphatic imine (C=N–C) groups is 1. The second-order valence-corrected chi connectivity index (χ2v) is 6.21. The largest absolute Gasteiger partial charge is 0.493 e. The van der Waals surface area contributed by atoms with Gasteiger partial charge in [-0.2, -0.15) is 4.99 Å². The predicted octanol–water partition coefficient (Wildman–Crippen LogP) is 2.91. The third-order valence-electron chi connectivity index (χ3n) is 3.31. The number of azo groups is 1. The molecule has 1 atom stereocenters. The molecule has 2 aromatic rings. The lowest BCUT2D eigenvalue weighted by molar-refractivity contribution is -0.141. The number of rotatable bonds is 4. The van der Waals surface area contributed by atoms with Crippen LogP contribution in [-0.2, 0) is 14.3 Å². The SMILES string of the molecule is CC(=O)OCC[C@H]1SC(N=Nc2c(O)[nH]c3ccccc23)=NC1=O. The van der Waals surface area contributed by atoms with Crippen LogP contribution in [0.25, 0.3) is 10.9 Å². The van der Waals surface area contributed by atoms with Gasteiger partial charge < -0.3 is 14.8 Å². The minimum Gasteiger partial charge on any atom is -0.493 e. The molecule has 0 bridgehead atoms. The highest BCUT2D eigenvalue weighted by molar-refractivity contribution is 8.15. The maximum absolute atomic E-state index is 11.8. The number of benzene rings is 1. The van der Waals surface area contributed by atoms with Gasteiger partial charge in [-0.15, -0.1) is 10.2 Å². The monoisotopic (exact) mass is 346 g/mol. The number of H-pyrrole nitrogens is 1. The number of aromatic nitrogens is 1. The number of carbonyl (C=O) groups is 2. The maximum Gasteiger partial charge on any atom is 0.302 e. The van der Waals surface area contributed by atoms with Crippen LogP contribution in [0.4, 0.5) is 5.69 Å². The second kappa shape index (κ2) is 6.83. The number of amides is 1. The molecule has 24 heavy (non-hydrogen) atoms. The van der Waals surface area contributed by atoms with E-state index in [-0.39, 0.29) is 29.5 Å². The van der Waals surface area contributed by atoms with Crippen LogP contribution in [0.2, 0.25) is 0 Å². The summed E-state index contributed by atoms with van der Waals surface area (Å²) in [6.45, 7) is 1.47. The van der Waals surface area contributed by atoms with Crippen molar-refractivity contribution >= 4 is 45.4 Å². The van der Waals surface area contributed by atoms with Crippen LogP contribution in [0.3, 0.4) is 0 Å². The molecule has 0 radical (unpaired) electrons. The highest BCUT2D eigenvalue weighted by Crippen LogP contribution is 2.36. The fourth-order valence-corrected chi connectivity index (χ4v) is 3.07. The molecule has 0 saturated heterocycles. The molecule has 3 rings (SSSR count). The normalized spacial score (nSPS) is 17.6. The van der Waals surface area contributed by atoms with Crippen molar-refractivity contribution in [2.45, 2.75) is 18.6 Å². The number of aromatic amines is 1. The van der Waals surface area contributed by atoms with Crippen molar-refractivity contribution in [3.8, 4) is 5.88 Å². The first-order valence-corrected chi connectivity index (χ1v) is 8.06. The molecule has 8 nitrogen and oxygen atoms in total. The number of hydrogen-bond acceptors (Lipinski definition) is 7. The van der Waals surface area contributed by atoms with E-state index >= 15 is 0 Å². The van der Waals surface area contributed by atoms with Gasteiger partial charge in [-0.3, -0.25) is 9.59 Å². The third-order valence-corrected chi connectivity index (χ3v) is 4.42. The molecule has 1 amide bonds. The summed E-state index contributed by atoms with van der Waals surface area (Å²) in [5.74, 6) is -0.813. The van der Waals surface area contributed by atoms with Crippen molar-refractivity contribution in [2.24, 2.45) is 15.2 Å². The first kappa shape index (κ1) is 16.2. The Morgan fingerprint density at radius 2 is 2.21 bits per heavy atom. The first-order valence-electron chi connectivity index (χ1n) is 7.18. The van der Waals surface area contributed by atoms with Crippen LogP contribution in [0, 0.1) is 0 Å². The minimum atomic E-state index is -0.435. The quantitative estimate of drug-likeness (QED) is 0.652. The maximum atomic E-state index is 11.8. The van der Waals surface area contributed by atoms with E-state index in [1.165, 1.54) is 6.92 Å². The van der Waals surface area contributed by atoms with Gasteiger partial charge in [0.1, 0.15) is 0 Å². The number of carbonyl (C=O) groups excluding carboxylic acids is 2. The lowest BCUT2D eigenvalue weighted by atomic mass is 10.2. The van der Waals surface area contributed by atoms with Crippen LogP contribution in [0.15, 0.2) is 39.5 Å². The summed E-state index contributed by atoms with van der Waals surface area (Å²) in [4.78, 5) is 29.2. The molecule has 0 saturated carbocycles. The van der Waals surface area contributed by atoms with Crippen molar-refractivity contribution in [2.75, 3.05) is 6.61 Å². The molecule has 0 fully saturated rings. The van der Waals surface area contributed by atoms with Crippen LogP contribution < -0.4 is 0 Å². The molecule has 2 N–H and O–H groups in total. The Balaban J connectivity index is 1.69. The third kappa shape index (κ3) is 3.46. The Morgan fingerprint density at radius 3 is 3.00 bits per heavy atom. The van der Waals surface area contributed by atoms with Gasteiger partial charge in [0.2, 0.25) is 11.0 Å². The van der Waals surface area contributed by atoms with Gasteiger partial charge >= 0.3 is 5.97 Å². The summed E-state index contributed by atoms with van der Waals surface area (Å²) in [6.07, 6.45) is 0.365. The van der Waals surface area contributed by atoms with E-state index in [0.29, 0.717) is 12.1 Å². The average molecular weight is 346 g/mol. The van der Waals surface area contributed by atoms with E-state index in [9.17, 15) is 14.7 Å². The molecular weight excluding hydrogens is 332 g/mol. The highest BCUT2D eigenvalue weighted by atomic mass is 32.2. The first-order chi connectivity index (χ1) is 11.5. The van der Waals surface area contributed by atoms with Crippen molar-refractivity contribution in [3.05, 3.63) is 24.3 Å². The number of thioether (sulfide) groups is 1. The number of para-hydroxylation sites is 1.